The fourth-order valence-electron chi connectivity index (χ4n) is 3.12. The molecule has 0 aliphatic heterocycles. The Morgan fingerprint density at radius 2 is 2.13 bits per heavy atom. The summed E-state index contributed by atoms with van der Waals surface area (Å²) in [5.74, 6) is 0.886. The van der Waals surface area contributed by atoms with Crippen molar-refractivity contribution in [3.63, 3.8) is 0 Å². The first-order chi connectivity index (χ1) is 11.0. The second-order valence-electron chi connectivity index (χ2n) is 6.26. The van der Waals surface area contributed by atoms with Crippen LogP contribution in [0.2, 0.25) is 0 Å². The summed E-state index contributed by atoms with van der Waals surface area (Å²) in [5, 5.41) is 3.33. The number of fused-ring (bicyclic) bond motifs is 1. The summed E-state index contributed by atoms with van der Waals surface area (Å²) < 4.78 is 13.9. The van der Waals surface area contributed by atoms with Crippen LogP contribution in [0, 0.1) is 12.8 Å². The molecule has 122 valence electrons. The molecule has 1 aliphatic rings. The van der Waals surface area contributed by atoms with Gasteiger partial charge in [0.15, 0.2) is 12.0 Å². The van der Waals surface area contributed by atoms with E-state index in [1.807, 2.05) is 0 Å². The van der Waals surface area contributed by atoms with Crippen molar-refractivity contribution < 1.29 is 4.39 Å². The number of benzene rings is 1. The van der Waals surface area contributed by atoms with Gasteiger partial charge in [-0.05, 0) is 36.8 Å². The van der Waals surface area contributed by atoms with Crippen LogP contribution in [0.4, 0.5) is 16.3 Å². The number of nitrogen functional groups attached to an aromatic ring is 1. The van der Waals surface area contributed by atoms with E-state index in [2.05, 4.69) is 52.3 Å². The molecule has 0 saturated carbocycles. The van der Waals surface area contributed by atoms with E-state index in [1.165, 1.54) is 16.7 Å². The third-order valence-corrected chi connectivity index (χ3v) is 4.34. The SMILES string of the molecule is CCC(F)c1nc(N)nc(N[C@H]2c3cc(C)ccc3C[C@@H]2C)n1. The molecule has 3 rings (SSSR count). The summed E-state index contributed by atoms with van der Waals surface area (Å²) in [7, 11) is 0. The van der Waals surface area contributed by atoms with E-state index >= 15 is 0 Å². The van der Waals surface area contributed by atoms with Crippen LogP contribution in [0.25, 0.3) is 0 Å². The van der Waals surface area contributed by atoms with Gasteiger partial charge in [0.2, 0.25) is 11.9 Å². The zero-order valence-electron chi connectivity index (χ0n) is 13.7. The Morgan fingerprint density at radius 1 is 1.35 bits per heavy atom. The highest BCUT2D eigenvalue weighted by atomic mass is 19.1. The van der Waals surface area contributed by atoms with Gasteiger partial charge >= 0.3 is 0 Å². The number of hydrogen-bond donors (Lipinski definition) is 2. The van der Waals surface area contributed by atoms with Crippen LogP contribution in [0.1, 0.15) is 55.0 Å². The molecule has 0 spiro atoms. The number of alkyl halides is 1. The van der Waals surface area contributed by atoms with Gasteiger partial charge in [-0.15, -0.1) is 0 Å². The largest absolute Gasteiger partial charge is 0.368 e. The van der Waals surface area contributed by atoms with E-state index in [4.69, 9.17) is 5.73 Å². The Bertz CT molecular complexity index is 718. The molecule has 5 nitrogen and oxygen atoms in total. The van der Waals surface area contributed by atoms with Gasteiger partial charge in [0, 0.05) is 0 Å². The van der Waals surface area contributed by atoms with E-state index in [-0.39, 0.29) is 17.8 Å². The topological polar surface area (TPSA) is 76.7 Å². The van der Waals surface area contributed by atoms with E-state index < -0.39 is 6.17 Å². The average Bonchev–Trinajstić information content (AvgIpc) is 2.81. The smallest absolute Gasteiger partial charge is 0.228 e. The lowest BCUT2D eigenvalue weighted by molar-refractivity contribution is 0.318. The first-order valence-electron chi connectivity index (χ1n) is 7.99. The van der Waals surface area contributed by atoms with Crippen LogP contribution in [-0.2, 0) is 6.42 Å². The van der Waals surface area contributed by atoms with Gasteiger partial charge in [-0.1, -0.05) is 37.6 Å². The molecule has 0 saturated heterocycles. The van der Waals surface area contributed by atoms with E-state index in [9.17, 15) is 4.39 Å². The lowest BCUT2D eigenvalue weighted by atomic mass is 10.0. The van der Waals surface area contributed by atoms with Crippen molar-refractivity contribution in [1.82, 2.24) is 15.0 Å². The molecular formula is C17H22FN5. The van der Waals surface area contributed by atoms with Crippen molar-refractivity contribution >= 4 is 11.9 Å². The lowest BCUT2D eigenvalue weighted by Gasteiger charge is -2.19. The molecule has 1 aromatic heterocycles. The third-order valence-electron chi connectivity index (χ3n) is 4.34. The maximum atomic E-state index is 13.9. The standard InChI is InChI=1S/C17H22FN5/c1-4-13(18)15-21-16(19)23-17(22-15)20-14-10(3)8-11-6-5-9(2)7-12(11)14/h5-7,10,13-14H,4,8H2,1-3H3,(H3,19,20,21,22,23)/t10-,13?,14+/m0/s1. The minimum atomic E-state index is -1.23. The number of aryl methyl sites for hydroxylation is 1. The molecule has 2 aromatic rings. The van der Waals surface area contributed by atoms with Crippen LogP contribution >= 0.6 is 0 Å². The van der Waals surface area contributed by atoms with Gasteiger partial charge in [0.1, 0.15) is 0 Å². The highest BCUT2D eigenvalue weighted by Crippen LogP contribution is 2.38. The van der Waals surface area contributed by atoms with Crippen molar-refractivity contribution in [3.8, 4) is 0 Å². The maximum Gasteiger partial charge on any atom is 0.228 e. The molecule has 0 bridgehead atoms. The molecule has 3 atom stereocenters. The van der Waals surface area contributed by atoms with Crippen molar-refractivity contribution in [2.24, 2.45) is 5.92 Å². The summed E-state index contributed by atoms with van der Waals surface area (Å²) >= 11 is 0. The first kappa shape index (κ1) is 15.6. The Hall–Kier alpha value is -2.24. The quantitative estimate of drug-likeness (QED) is 0.902. The molecule has 1 aromatic carbocycles. The number of nitrogens with one attached hydrogen (secondary N) is 1. The summed E-state index contributed by atoms with van der Waals surface area (Å²) in [6, 6.07) is 6.58. The van der Waals surface area contributed by atoms with Gasteiger partial charge in [-0.2, -0.15) is 15.0 Å². The highest BCUT2D eigenvalue weighted by molar-refractivity contribution is 5.44. The molecule has 6 heteroatoms. The van der Waals surface area contributed by atoms with Crippen LogP contribution in [-0.4, -0.2) is 15.0 Å². The predicted molar refractivity (Wildman–Crippen MR) is 88.8 cm³/mol. The average molecular weight is 315 g/mol. The number of nitrogens with two attached hydrogens (primary N) is 1. The molecule has 3 N–H and O–H groups in total. The van der Waals surface area contributed by atoms with Gasteiger partial charge in [0.05, 0.1) is 6.04 Å². The van der Waals surface area contributed by atoms with Gasteiger partial charge in [-0.25, -0.2) is 4.39 Å². The van der Waals surface area contributed by atoms with E-state index in [0.29, 0.717) is 18.3 Å². The molecule has 0 amide bonds. The molecule has 0 fully saturated rings. The zero-order valence-corrected chi connectivity index (χ0v) is 13.7. The molecule has 23 heavy (non-hydrogen) atoms. The number of rotatable bonds is 4. The summed E-state index contributed by atoms with van der Waals surface area (Å²) in [4.78, 5) is 12.2. The fourth-order valence-corrected chi connectivity index (χ4v) is 3.12. The van der Waals surface area contributed by atoms with Crippen molar-refractivity contribution in [2.45, 2.75) is 45.8 Å². The predicted octanol–water partition coefficient (Wildman–Crippen LogP) is 3.53. The number of aromatic nitrogens is 3. The second-order valence-corrected chi connectivity index (χ2v) is 6.26. The van der Waals surface area contributed by atoms with Gasteiger partial charge in [0.25, 0.3) is 0 Å². The second kappa shape index (κ2) is 6.10. The number of halogens is 1. The fraction of sp³-hybridized carbons (Fsp3) is 0.471. The highest BCUT2D eigenvalue weighted by Gasteiger charge is 2.30. The van der Waals surface area contributed by atoms with Crippen LogP contribution < -0.4 is 11.1 Å². The normalized spacial score (nSPS) is 21.0. The van der Waals surface area contributed by atoms with Crippen molar-refractivity contribution in [1.29, 1.82) is 0 Å². The molecular weight excluding hydrogens is 293 g/mol. The molecule has 1 unspecified atom stereocenters. The Labute approximate surface area is 135 Å². The van der Waals surface area contributed by atoms with Crippen LogP contribution in [0.5, 0.6) is 0 Å². The minimum Gasteiger partial charge on any atom is -0.368 e. The number of nitrogens with zero attached hydrogens (tertiary/aromatic N) is 3. The summed E-state index contributed by atoms with van der Waals surface area (Å²) in [5.41, 5.74) is 9.52. The Kier molecular flexibility index (Phi) is 4.15. The van der Waals surface area contributed by atoms with Crippen LogP contribution in [0.15, 0.2) is 18.2 Å². The molecule has 1 heterocycles. The van der Waals surface area contributed by atoms with E-state index in [0.717, 1.165) is 6.42 Å². The zero-order chi connectivity index (χ0) is 16.6. The monoisotopic (exact) mass is 315 g/mol. The van der Waals surface area contributed by atoms with Crippen LogP contribution in [0.3, 0.4) is 0 Å². The first-order valence-corrected chi connectivity index (χ1v) is 7.99. The lowest BCUT2D eigenvalue weighted by Crippen LogP contribution is -2.18. The van der Waals surface area contributed by atoms with E-state index in [1.54, 1.807) is 6.92 Å². The number of anilines is 2. The minimum absolute atomic E-state index is 0.0451. The van der Waals surface area contributed by atoms with Gasteiger partial charge in [-0.3, -0.25) is 0 Å². The molecule has 1 aliphatic carbocycles. The van der Waals surface area contributed by atoms with Gasteiger partial charge < -0.3 is 11.1 Å². The van der Waals surface area contributed by atoms with Crippen molar-refractivity contribution in [3.05, 3.63) is 40.7 Å². The third kappa shape index (κ3) is 3.11. The summed E-state index contributed by atoms with van der Waals surface area (Å²) in [6.45, 7) is 6.01. The Balaban J connectivity index is 1.91. The number of hydrogen-bond acceptors (Lipinski definition) is 5. The summed E-state index contributed by atoms with van der Waals surface area (Å²) in [6.07, 6.45) is 0.0861. The van der Waals surface area contributed by atoms with Crippen molar-refractivity contribution in [2.75, 3.05) is 11.1 Å². The maximum absolute atomic E-state index is 13.9. The molecule has 0 radical (unpaired) electrons. The Morgan fingerprint density at radius 3 is 2.87 bits per heavy atom.